The van der Waals surface area contributed by atoms with Crippen LogP contribution in [0.4, 0.5) is 0 Å². The van der Waals surface area contributed by atoms with Crippen LogP contribution >= 0.6 is 35.6 Å². The SMILES string of the molecule is COc1ccc(CCNCc2ccc(OCc3c(Cl)cccc3Cl)c(OC)c2)cc1OC.Cl. The van der Waals surface area contributed by atoms with Crippen molar-refractivity contribution >= 4 is 35.6 Å². The molecule has 0 aromatic heterocycles. The molecule has 3 aromatic rings. The molecule has 0 aliphatic rings. The van der Waals surface area contributed by atoms with E-state index in [0.717, 1.165) is 35.6 Å². The van der Waals surface area contributed by atoms with Crippen molar-refractivity contribution in [3.63, 3.8) is 0 Å². The Labute approximate surface area is 211 Å². The Morgan fingerprint density at radius 3 is 1.97 bits per heavy atom. The first-order chi connectivity index (χ1) is 15.5. The smallest absolute Gasteiger partial charge is 0.161 e. The molecule has 0 radical (unpaired) electrons. The Kier molecular flexibility index (Phi) is 10.9. The molecule has 0 saturated carbocycles. The van der Waals surface area contributed by atoms with E-state index in [1.165, 1.54) is 5.56 Å². The third-order valence-electron chi connectivity index (χ3n) is 5.03. The van der Waals surface area contributed by atoms with Gasteiger partial charge in [-0.1, -0.05) is 41.4 Å². The quantitative estimate of drug-likeness (QED) is 0.303. The van der Waals surface area contributed by atoms with Gasteiger partial charge in [0.1, 0.15) is 6.61 Å². The molecule has 0 aliphatic heterocycles. The fourth-order valence-electron chi connectivity index (χ4n) is 3.26. The van der Waals surface area contributed by atoms with E-state index in [2.05, 4.69) is 5.32 Å². The zero-order valence-electron chi connectivity index (χ0n) is 18.8. The van der Waals surface area contributed by atoms with Crippen LogP contribution < -0.4 is 24.3 Å². The van der Waals surface area contributed by atoms with Crippen molar-refractivity contribution in [1.29, 1.82) is 0 Å². The zero-order chi connectivity index (χ0) is 22.9. The highest BCUT2D eigenvalue weighted by Gasteiger charge is 2.10. The fraction of sp³-hybridized carbons (Fsp3) is 0.280. The van der Waals surface area contributed by atoms with E-state index in [9.17, 15) is 0 Å². The molecule has 1 N–H and O–H groups in total. The van der Waals surface area contributed by atoms with E-state index in [-0.39, 0.29) is 19.0 Å². The van der Waals surface area contributed by atoms with Gasteiger partial charge in [-0.15, -0.1) is 12.4 Å². The van der Waals surface area contributed by atoms with Crippen molar-refractivity contribution < 1.29 is 18.9 Å². The topological polar surface area (TPSA) is 49.0 Å². The second kappa shape index (κ2) is 13.4. The lowest BCUT2D eigenvalue weighted by atomic mass is 10.1. The normalized spacial score (nSPS) is 10.3. The highest BCUT2D eigenvalue weighted by molar-refractivity contribution is 6.35. The van der Waals surface area contributed by atoms with Gasteiger partial charge >= 0.3 is 0 Å². The van der Waals surface area contributed by atoms with Crippen molar-refractivity contribution in [3.05, 3.63) is 81.3 Å². The fourth-order valence-corrected chi connectivity index (χ4v) is 3.77. The molecule has 0 fully saturated rings. The summed E-state index contributed by atoms with van der Waals surface area (Å²) in [5.41, 5.74) is 3.02. The molecule has 0 saturated heterocycles. The molecular weight excluding hydrogens is 485 g/mol. The van der Waals surface area contributed by atoms with Crippen LogP contribution in [-0.2, 0) is 19.6 Å². The lowest BCUT2D eigenvalue weighted by molar-refractivity contribution is 0.284. The summed E-state index contributed by atoms with van der Waals surface area (Å²) in [5, 5.41) is 4.61. The van der Waals surface area contributed by atoms with Gasteiger partial charge in [-0.25, -0.2) is 0 Å². The van der Waals surface area contributed by atoms with Crippen molar-refractivity contribution in [2.45, 2.75) is 19.6 Å². The molecule has 0 amide bonds. The molecular formula is C25H28Cl3NO4. The number of ether oxygens (including phenoxy) is 4. The highest BCUT2D eigenvalue weighted by Crippen LogP contribution is 2.31. The van der Waals surface area contributed by atoms with Crippen molar-refractivity contribution in [2.24, 2.45) is 0 Å². The minimum Gasteiger partial charge on any atom is -0.493 e. The van der Waals surface area contributed by atoms with Gasteiger partial charge in [0.2, 0.25) is 0 Å². The maximum absolute atomic E-state index is 6.22. The van der Waals surface area contributed by atoms with E-state index in [1.54, 1.807) is 33.5 Å². The van der Waals surface area contributed by atoms with Gasteiger partial charge in [-0.05, 0) is 60.5 Å². The molecule has 3 aromatic carbocycles. The molecule has 0 aliphatic carbocycles. The molecule has 0 spiro atoms. The van der Waals surface area contributed by atoms with Crippen molar-refractivity contribution in [2.75, 3.05) is 27.9 Å². The van der Waals surface area contributed by atoms with Crippen LogP contribution in [0.1, 0.15) is 16.7 Å². The lowest BCUT2D eigenvalue weighted by Crippen LogP contribution is -2.16. The average molecular weight is 513 g/mol. The summed E-state index contributed by atoms with van der Waals surface area (Å²) in [4.78, 5) is 0. The lowest BCUT2D eigenvalue weighted by Gasteiger charge is -2.14. The second-order valence-electron chi connectivity index (χ2n) is 7.09. The van der Waals surface area contributed by atoms with E-state index >= 15 is 0 Å². The van der Waals surface area contributed by atoms with Gasteiger partial charge < -0.3 is 24.3 Å². The number of nitrogens with one attached hydrogen (secondary N) is 1. The first-order valence-corrected chi connectivity index (χ1v) is 11.0. The van der Waals surface area contributed by atoms with Crippen LogP contribution in [0, 0.1) is 0 Å². The van der Waals surface area contributed by atoms with Crippen molar-refractivity contribution in [1.82, 2.24) is 5.32 Å². The first-order valence-electron chi connectivity index (χ1n) is 10.2. The first kappa shape index (κ1) is 26.9. The van der Waals surface area contributed by atoms with Gasteiger partial charge in [-0.3, -0.25) is 0 Å². The van der Waals surface area contributed by atoms with E-state index in [4.69, 9.17) is 42.1 Å². The standard InChI is InChI=1S/C25H27Cl2NO4.ClH/c1-29-22-9-7-17(13-24(22)30-2)11-12-28-15-18-8-10-23(25(14-18)31-3)32-16-19-20(26)5-4-6-21(19)27;/h4-10,13-14,28H,11-12,15-16H2,1-3H3;1H. The molecule has 3 rings (SSSR count). The maximum Gasteiger partial charge on any atom is 0.161 e. The molecule has 178 valence electrons. The van der Waals surface area contributed by atoms with Crippen LogP contribution in [0.15, 0.2) is 54.6 Å². The maximum atomic E-state index is 6.22. The Hall–Kier alpha value is -2.31. The predicted molar refractivity (Wildman–Crippen MR) is 136 cm³/mol. The zero-order valence-corrected chi connectivity index (χ0v) is 21.2. The molecule has 0 unspecified atom stereocenters. The number of methoxy groups -OCH3 is 3. The van der Waals surface area contributed by atoms with Gasteiger partial charge in [0.05, 0.1) is 21.3 Å². The van der Waals surface area contributed by atoms with Gasteiger partial charge in [0.15, 0.2) is 23.0 Å². The van der Waals surface area contributed by atoms with Crippen LogP contribution in [-0.4, -0.2) is 27.9 Å². The monoisotopic (exact) mass is 511 g/mol. The number of rotatable bonds is 11. The summed E-state index contributed by atoms with van der Waals surface area (Å²) in [6.07, 6.45) is 0.872. The van der Waals surface area contributed by atoms with Crippen molar-refractivity contribution in [3.8, 4) is 23.0 Å². The molecule has 8 heteroatoms. The summed E-state index contributed by atoms with van der Waals surface area (Å²) in [6.45, 7) is 1.79. The summed E-state index contributed by atoms with van der Waals surface area (Å²) < 4.78 is 22.1. The molecule has 33 heavy (non-hydrogen) atoms. The Morgan fingerprint density at radius 2 is 1.30 bits per heavy atom. The minimum absolute atomic E-state index is 0. The summed E-state index contributed by atoms with van der Waals surface area (Å²) in [5.74, 6) is 2.77. The Morgan fingerprint density at radius 1 is 0.727 bits per heavy atom. The van der Waals surface area contributed by atoms with E-state index in [1.807, 2.05) is 42.5 Å². The van der Waals surface area contributed by atoms with Crippen LogP contribution in [0.3, 0.4) is 0 Å². The van der Waals surface area contributed by atoms with Gasteiger partial charge in [0.25, 0.3) is 0 Å². The predicted octanol–water partition coefficient (Wildman–Crippen LogP) is 6.35. The summed E-state index contributed by atoms with van der Waals surface area (Å²) >= 11 is 12.4. The van der Waals surface area contributed by atoms with E-state index < -0.39 is 0 Å². The Balaban J connectivity index is 0.00000385. The minimum atomic E-state index is 0. The summed E-state index contributed by atoms with van der Waals surface area (Å²) in [6, 6.07) is 17.2. The molecule has 0 heterocycles. The second-order valence-corrected chi connectivity index (χ2v) is 7.90. The van der Waals surface area contributed by atoms with Crippen LogP contribution in [0.25, 0.3) is 0 Å². The highest BCUT2D eigenvalue weighted by atomic mass is 35.5. The van der Waals surface area contributed by atoms with Crippen LogP contribution in [0.2, 0.25) is 10.0 Å². The van der Waals surface area contributed by atoms with Gasteiger partial charge in [0, 0.05) is 22.2 Å². The molecule has 5 nitrogen and oxygen atoms in total. The molecule has 0 bridgehead atoms. The summed E-state index contributed by atoms with van der Waals surface area (Å²) in [7, 11) is 4.90. The van der Waals surface area contributed by atoms with E-state index in [0.29, 0.717) is 28.1 Å². The number of hydrogen-bond donors (Lipinski definition) is 1. The number of hydrogen-bond acceptors (Lipinski definition) is 5. The third kappa shape index (κ3) is 7.34. The number of halogens is 3. The van der Waals surface area contributed by atoms with Gasteiger partial charge in [-0.2, -0.15) is 0 Å². The third-order valence-corrected chi connectivity index (χ3v) is 5.74. The molecule has 0 atom stereocenters. The van der Waals surface area contributed by atoms with Crippen LogP contribution in [0.5, 0.6) is 23.0 Å². The number of benzene rings is 3. The Bertz CT molecular complexity index is 1030. The average Bonchev–Trinajstić information content (AvgIpc) is 2.81. The largest absolute Gasteiger partial charge is 0.493 e.